The van der Waals surface area contributed by atoms with E-state index in [-0.39, 0.29) is 0 Å². The molecule has 0 spiro atoms. The Bertz CT molecular complexity index is 371. The molecule has 0 aromatic carbocycles. The molecule has 0 unspecified atom stereocenters. The zero-order valence-corrected chi connectivity index (χ0v) is 12.2. The second-order valence-electron chi connectivity index (χ2n) is 5.44. The highest BCUT2D eigenvalue weighted by Gasteiger charge is 2.20. The molecule has 1 saturated carbocycles. The quantitative estimate of drug-likeness (QED) is 0.879. The van der Waals surface area contributed by atoms with Gasteiger partial charge in [0, 0.05) is 12.6 Å². The first kappa shape index (κ1) is 14.3. The summed E-state index contributed by atoms with van der Waals surface area (Å²) < 4.78 is 0. The number of pyridine rings is 1. The molecule has 0 amide bonds. The van der Waals surface area contributed by atoms with E-state index in [0.29, 0.717) is 12.5 Å². The van der Waals surface area contributed by atoms with Crippen LogP contribution >= 0.6 is 0 Å². The summed E-state index contributed by atoms with van der Waals surface area (Å²) in [6.45, 7) is 5.21. The number of rotatable bonds is 5. The molecule has 0 radical (unpaired) electrons. The summed E-state index contributed by atoms with van der Waals surface area (Å²) in [5, 5.41) is 9.79. The number of aliphatic hydroxyl groups is 1. The lowest BCUT2D eigenvalue weighted by Gasteiger charge is -2.35. The van der Waals surface area contributed by atoms with Crippen molar-refractivity contribution in [2.45, 2.75) is 64.5 Å². The Kier molecular flexibility index (Phi) is 5.20. The topological polar surface area (TPSA) is 36.4 Å². The maximum atomic E-state index is 9.79. The second kappa shape index (κ2) is 6.90. The van der Waals surface area contributed by atoms with E-state index in [9.17, 15) is 5.11 Å². The Balaban J connectivity index is 2.09. The van der Waals surface area contributed by atoms with Gasteiger partial charge in [-0.3, -0.25) is 4.98 Å². The summed E-state index contributed by atoms with van der Waals surface area (Å²) in [5.41, 5.74) is 1.98. The maximum Gasteiger partial charge on any atom is 0.0957 e. The Hall–Kier alpha value is -1.09. The van der Waals surface area contributed by atoms with Crippen LogP contribution in [0.2, 0.25) is 0 Å². The van der Waals surface area contributed by atoms with Gasteiger partial charge in [0.2, 0.25) is 0 Å². The van der Waals surface area contributed by atoms with E-state index in [1.54, 1.807) is 0 Å². The van der Waals surface area contributed by atoms with Crippen molar-refractivity contribution in [2.24, 2.45) is 0 Å². The Morgan fingerprint density at radius 3 is 2.53 bits per heavy atom. The third-order valence-electron chi connectivity index (χ3n) is 4.19. The minimum atomic E-state index is -0.432. The fourth-order valence-corrected chi connectivity index (χ4v) is 3.02. The van der Waals surface area contributed by atoms with Crippen molar-refractivity contribution in [2.75, 3.05) is 11.4 Å². The fourth-order valence-electron chi connectivity index (χ4n) is 3.02. The summed E-state index contributed by atoms with van der Waals surface area (Å²) in [4.78, 5) is 6.89. The van der Waals surface area contributed by atoms with Crippen LogP contribution in [0, 0.1) is 0 Å². The molecule has 1 aromatic heterocycles. The van der Waals surface area contributed by atoms with Crippen molar-refractivity contribution in [3.8, 4) is 0 Å². The van der Waals surface area contributed by atoms with Crippen LogP contribution in [0.5, 0.6) is 0 Å². The fraction of sp³-hybridized carbons (Fsp3) is 0.688. The van der Waals surface area contributed by atoms with Gasteiger partial charge in [-0.2, -0.15) is 0 Å². The van der Waals surface area contributed by atoms with E-state index in [1.807, 2.05) is 19.2 Å². The highest BCUT2D eigenvalue weighted by atomic mass is 16.3. The molecule has 1 aliphatic rings. The largest absolute Gasteiger partial charge is 0.387 e. The molecule has 3 heteroatoms. The average Bonchev–Trinajstić information content (AvgIpc) is 2.49. The van der Waals surface area contributed by atoms with Gasteiger partial charge in [0.1, 0.15) is 0 Å². The summed E-state index contributed by atoms with van der Waals surface area (Å²) in [5.74, 6) is 0. The molecular weight excluding hydrogens is 236 g/mol. The van der Waals surface area contributed by atoms with Gasteiger partial charge in [0.15, 0.2) is 0 Å². The SMILES string of the molecule is CC[C@H](O)c1ccc(N(CC)C2CCCCC2)cn1. The number of aliphatic hydroxyl groups excluding tert-OH is 1. The highest BCUT2D eigenvalue weighted by molar-refractivity contribution is 5.45. The van der Waals surface area contributed by atoms with Crippen LogP contribution in [0.4, 0.5) is 5.69 Å². The van der Waals surface area contributed by atoms with Crippen molar-refractivity contribution in [1.29, 1.82) is 0 Å². The minimum Gasteiger partial charge on any atom is -0.387 e. The molecule has 1 aromatic rings. The van der Waals surface area contributed by atoms with Crippen molar-refractivity contribution in [3.05, 3.63) is 24.0 Å². The van der Waals surface area contributed by atoms with Crippen LogP contribution in [0.3, 0.4) is 0 Å². The lowest BCUT2D eigenvalue weighted by atomic mass is 9.94. The van der Waals surface area contributed by atoms with Gasteiger partial charge in [-0.1, -0.05) is 26.2 Å². The summed E-state index contributed by atoms with van der Waals surface area (Å²) in [7, 11) is 0. The van der Waals surface area contributed by atoms with Gasteiger partial charge in [-0.25, -0.2) is 0 Å². The van der Waals surface area contributed by atoms with E-state index in [2.05, 4.69) is 22.9 Å². The molecule has 1 N–H and O–H groups in total. The molecule has 1 aliphatic carbocycles. The van der Waals surface area contributed by atoms with Crippen LogP contribution in [-0.2, 0) is 0 Å². The predicted octanol–water partition coefficient (Wildman–Crippen LogP) is 3.68. The summed E-state index contributed by atoms with van der Waals surface area (Å²) >= 11 is 0. The van der Waals surface area contributed by atoms with Crippen molar-refractivity contribution < 1.29 is 5.11 Å². The first-order chi connectivity index (χ1) is 9.26. The molecule has 1 heterocycles. The van der Waals surface area contributed by atoms with Crippen molar-refractivity contribution in [1.82, 2.24) is 4.98 Å². The average molecular weight is 262 g/mol. The summed E-state index contributed by atoms with van der Waals surface area (Å²) in [6, 6.07) is 4.75. The van der Waals surface area contributed by atoms with Crippen LogP contribution in [-0.4, -0.2) is 22.7 Å². The molecular formula is C16H26N2O. The van der Waals surface area contributed by atoms with Gasteiger partial charge in [-0.15, -0.1) is 0 Å². The molecule has 19 heavy (non-hydrogen) atoms. The number of nitrogens with zero attached hydrogens (tertiary/aromatic N) is 2. The smallest absolute Gasteiger partial charge is 0.0957 e. The maximum absolute atomic E-state index is 9.79. The van der Waals surface area contributed by atoms with E-state index in [0.717, 1.165) is 12.2 Å². The number of anilines is 1. The van der Waals surface area contributed by atoms with Gasteiger partial charge in [0.25, 0.3) is 0 Å². The zero-order chi connectivity index (χ0) is 13.7. The number of hydrogen-bond acceptors (Lipinski definition) is 3. The second-order valence-corrected chi connectivity index (χ2v) is 5.44. The third-order valence-corrected chi connectivity index (χ3v) is 4.19. The van der Waals surface area contributed by atoms with E-state index in [4.69, 9.17) is 0 Å². The van der Waals surface area contributed by atoms with Gasteiger partial charge >= 0.3 is 0 Å². The van der Waals surface area contributed by atoms with Gasteiger partial charge in [-0.05, 0) is 38.3 Å². The van der Waals surface area contributed by atoms with E-state index < -0.39 is 6.10 Å². The first-order valence-corrected chi connectivity index (χ1v) is 7.67. The Morgan fingerprint density at radius 2 is 2.00 bits per heavy atom. The highest BCUT2D eigenvalue weighted by Crippen LogP contribution is 2.27. The van der Waals surface area contributed by atoms with E-state index >= 15 is 0 Å². The van der Waals surface area contributed by atoms with Crippen LogP contribution < -0.4 is 4.90 Å². The molecule has 3 nitrogen and oxygen atoms in total. The lowest BCUT2D eigenvalue weighted by Crippen LogP contribution is -2.36. The third kappa shape index (κ3) is 3.47. The molecule has 0 saturated heterocycles. The standard InChI is InChI=1S/C16H26N2O/c1-3-16(19)15-11-10-14(12-17-15)18(4-2)13-8-6-5-7-9-13/h10-13,16,19H,3-9H2,1-2H3/t16-/m0/s1. The molecule has 0 aliphatic heterocycles. The van der Waals surface area contributed by atoms with E-state index in [1.165, 1.54) is 37.8 Å². The molecule has 1 fully saturated rings. The van der Waals surface area contributed by atoms with Gasteiger partial charge in [0.05, 0.1) is 23.7 Å². The van der Waals surface area contributed by atoms with Crippen LogP contribution in [0.1, 0.15) is 64.2 Å². The van der Waals surface area contributed by atoms with Crippen molar-refractivity contribution in [3.63, 3.8) is 0 Å². The minimum absolute atomic E-state index is 0.432. The monoisotopic (exact) mass is 262 g/mol. The van der Waals surface area contributed by atoms with Crippen LogP contribution in [0.15, 0.2) is 18.3 Å². The van der Waals surface area contributed by atoms with Crippen LogP contribution in [0.25, 0.3) is 0 Å². The zero-order valence-electron chi connectivity index (χ0n) is 12.2. The first-order valence-electron chi connectivity index (χ1n) is 7.67. The number of hydrogen-bond donors (Lipinski definition) is 1. The normalized spacial score (nSPS) is 18.3. The van der Waals surface area contributed by atoms with Gasteiger partial charge < -0.3 is 10.0 Å². The Labute approximate surface area is 116 Å². The lowest BCUT2D eigenvalue weighted by molar-refractivity contribution is 0.169. The molecule has 0 bridgehead atoms. The molecule has 106 valence electrons. The number of aromatic nitrogens is 1. The Morgan fingerprint density at radius 1 is 1.26 bits per heavy atom. The van der Waals surface area contributed by atoms with Crippen molar-refractivity contribution >= 4 is 5.69 Å². The molecule has 1 atom stereocenters. The molecule has 2 rings (SSSR count). The predicted molar refractivity (Wildman–Crippen MR) is 79.4 cm³/mol. The summed E-state index contributed by atoms with van der Waals surface area (Å²) in [6.07, 6.45) is 8.88.